The predicted octanol–water partition coefficient (Wildman–Crippen LogP) is 3.88. The van der Waals surface area contributed by atoms with Crippen molar-refractivity contribution in [1.82, 2.24) is 0 Å². The summed E-state index contributed by atoms with van der Waals surface area (Å²) in [6, 6.07) is 2.34. The summed E-state index contributed by atoms with van der Waals surface area (Å²) in [4.78, 5) is 11.2. The van der Waals surface area contributed by atoms with E-state index in [9.17, 15) is 13.6 Å². The Hall–Kier alpha value is -1.16. The van der Waals surface area contributed by atoms with Gasteiger partial charge in [-0.05, 0) is 26.0 Å². The molecule has 0 bridgehead atoms. The number of ketones is 1. The van der Waals surface area contributed by atoms with E-state index < -0.39 is 12.2 Å². The number of carbonyl (C=O) groups is 1. The number of halogens is 3. The highest BCUT2D eigenvalue weighted by atomic mass is 35.5. The Morgan fingerprint density at radius 3 is 2.56 bits per heavy atom. The minimum Gasteiger partial charge on any atom is -0.492 e. The van der Waals surface area contributed by atoms with Crippen molar-refractivity contribution in [2.75, 3.05) is 6.61 Å². The van der Waals surface area contributed by atoms with Crippen LogP contribution in [0.15, 0.2) is 12.1 Å². The first-order valence-corrected chi connectivity index (χ1v) is 5.10. The molecule has 1 aromatic rings. The predicted molar refractivity (Wildman–Crippen MR) is 57.6 cm³/mol. The topological polar surface area (TPSA) is 26.3 Å². The standard InChI is InChI=1S/C11H11ClF2O2/c1-3-16-10-5-7(6(2)15)8(11(13)14)4-9(10)12/h4-5,11H,3H2,1-2H3. The molecule has 0 amide bonds. The summed E-state index contributed by atoms with van der Waals surface area (Å²) >= 11 is 5.76. The van der Waals surface area contributed by atoms with Gasteiger partial charge in [0.25, 0.3) is 6.43 Å². The minimum atomic E-state index is -2.73. The van der Waals surface area contributed by atoms with Crippen LogP contribution in [-0.2, 0) is 0 Å². The lowest BCUT2D eigenvalue weighted by Gasteiger charge is -2.11. The lowest BCUT2D eigenvalue weighted by atomic mass is 10.0. The summed E-state index contributed by atoms with van der Waals surface area (Å²) in [5.74, 6) is -0.188. The molecular formula is C11H11ClF2O2. The molecule has 0 spiro atoms. The summed E-state index contributed by atoms with van der Waals surface area (Å²) in [5, 5.41) is 0.0853. The maximum atomic E-state index is 12.6. The van der Waals surface area contributed by atoms with Crippen LogP contribution in [0.4, 0.5) is 8.78 Å². The molecule has 0 unspecified atom stereocenters. The molecule has 0 aliphatic rings. The Morgan fingerprint density at radius 2 is 2.12 bits per heavy atom. The minimum absolute atomic E-state index is 0.0529. The lowest BCUT2D eigenvalue weighted by molar-refractivity contribution is 0.0998. The second kappa shape index (κ2) is 5.25. The maximum absolute atomic E-state index is 12.6. The highest BCUT2D eigenvalue weighted by molar-refractivity contribution is 6.32. The Bertz CT molecular complexity index is 405. The molecule has 16 heavy (non-hydrogen) atoms. The summed E-state index contributed by atoms with van der Waals surface area (Å²) in [7, 11) is 0. The van der Waals surface area contributed by atoms with E-state index in [0.29, 0.717) is 6.61 Å². The van der Waals surface area contributed by atoms with Gasteiger partial charge in [0.1, 0.15) is 5.75 Å². The van der Waals surface area contributed by atoms with Gasteiger partial charge in [0.05, 0.1) is 11.6 Å². The van der Waals surface area contributed by atoms with Crippen molar-refractivity contribution in [2.45, 2.75) is 20.3 Å². The molecule has 0 N–H and O–H groups in total. The second-order valence-electron chi connectivity index (χ2n) is 3.16. The van der Waals surface area contributed by atoms with E-state index in [-0.39, 0.29) is 21.9 Å². The number of rotatable bonds is 4. The fraction of sp³-hybridized carbons (Fsp3) is 0.364. The highest BCUT2D eigenvalue weighted by Gasteiger charge is 2.19. The third-order valence-electron chi connectivity index (χ3n) is 2.02. The van der Waals surface area contributed by atoms with Crippen LogP contribution in [0.3, 0.4) is 0 Å². The lowest BCUT2D eigenvalue weighted by Crippen LogP contribution is -2.02. The normalized spacial score (nSPS) is 10.6. The van der Waals surface area contributed by atoms with E-state index in [2.05, 4.69) is 0 Å². The Kier molecular flexibility index (Phi) is 4.24. The van der Waals surface area contributed by atoms with Crippen molar-refractivity contribution in [1.29, 1.82) is 0 Å². The zero-order valence-corrected chi connectivity index (χ0v) is 9.65. The van der Waals surface area contributed by atoms with Gasteiger partial charge < -0.3 is 4.74 Å². The third kappa shape index (κ3) is 2.70. The SMILES string of the molecule is CCOc1cc(C(C)=O)c(C(F)F)cc1Cl. The van der Waals surface area contributed by atoms with Crippen LogP contribution >= 0.6 is 11.6 Å². The Balaban J connectivity index is 3.31. The average Bonchev–Trinajstić information content (AvgIpc) is 2.20. The van der Waals surface area contributed by atoms with Crippen molar-refractivity contribution >= 4 is 17.4 Å². The van der Waals surface area contributed by atoms with Crippen LogP contribution in [0, 0.1) is 0 Å². The van der Waals surface area contributed by atoms with Gasteiger partial charge in [-0.2, -0.15) is 0 Å². The smallest absolute Gasteiger partial charge is 0.264 e. The fourth-order valence-electron chi connectivity index (χ4n) is 1.32. The first-order valence-electron chi connectivity index (χ1n) is 4.72. The van der Waals surface area contributed by atoms with Crippen molar-refractivity contribution in [3.05, 3.63) is 28.3 Å². The molecule has 0 saturated heterocycles. The average molecular weight is 249 g/mol. The summed E-state index contributed by atoms with van der Waals surface area (Å²) < 4.78 is 30.4. The van der Waals surface area contributed by atoms with Gasteiger partial charge in [-0.25, -0.2) is 8.78 Å². The largest absolute Gasteiger partial charge is 0.492 e. The van der Waals surface area contributed by atoms with Crippen LogP contribution in [0.1, 0.15) is 36.2 Å². The molecule has 0 radical (unpaired) electrons. The first-order chi connectivity index (χ1) is 7.47. The zero-order valence-electron chi connectivity index (χ0n) is 8.89. The van der Waals surface area contributed by atoms with Gasteiger partial charge in [-0.15, -0.1) is 0 Å². The van der Waals surface area contributed by atoms with Gasteiger partial charge in [0, 0.05) is 11.1 Å². The second-order valence-corrected chi connectivity index (χ2v) is 3.57. The van der Waals surface area contributed by atoms with Crippen LogP contribution < -0.4 is 4.74 Å². The summed E-state index contributed by atoms with van der Waals surface area (Å²) in [6.07, 6.45) is -2.73. The number of alkyl halides is 2. The van der Waals surface area contributed by atoms with E-state index in [1.54, 1.807) is 6.92 Å². The van der Waals surface area contributed by atoms with E-state index in [0.717, 1.165) is 6.07 Å². The molecule has 88 valence electrons. The van der Waals surface area contributed by atoms with E-state index in [1.165, 1.54) is 13.0 Å². The molecule has 0 aliphatic heterocycles. The number of ether oxygens (including phenoxy) is 1. The highest BCUT2D eigenvalue weighted by Crippen LogP contribution is 2.33. The molecule has 0 heterocycles. The van der Waals surface area contributed by atoms with Crippen LogP contribution in [-0.4, -0.2) is 12.4 Å². The van der Waals surface area contributed by atoms with Crippen molar-refractivity contribution in [3.63, 3.8) is 0 Å². The molecule has 0 saturated carbocycles. The monoisotopic (exact) mass is 248 g/mol. The van der Waals surface area contributed by atoms with Crippen molar-refractivity contribution < 1.29 is 18.3 Å². The van der Waals surface area contributed by atoms with Gasteiger partial charge in [0.2, 0.25) is 0 Å². The quantitative estimate of drug-likeness (QED) is 0.756. The maximum Gasteiger partial charge on any atom is 0.264 e. The number of hydrogen-bond acceptors (Lipinski definition) is 2. The van der Waals surface area contributed by atoms with Crippen LogP contribution in [0.5, 0.6) is 5.75 Å². The van der Waals surface area contributed by atoms with E-state index >= 15 is 0 Å². The summed E-state index contributed by atoms with van der Waals surface area (Å²) in [5.41, 5.74) is -0.413. The fourth-order valence-corrected chi connectivity index (χ4v) is 1.55. The van der Waals surface area contributed by atoms with Gasteiger partial charge in [-0.1, -0.05) is 11.6 Å². The van der Waals surface area contributed by atoms with Crippen molar-refractivity contribution in [2.24, 2.45) is 0 Å². The zero-order chi connectivity index (χ0) is 12.3. The van der Waals surface area contributed by atoms with E-state index in [4.69, 9.17) is 16.3 Å². The number of benzene rings is 1. The van der Waals surface area contributed by atoms with Crippen LogP contribution in [0.25, 0.3) is 0 Å². The molecule has 0 aromatic heterocycles. The molecule has 5 heteroatoms. The molecule has 1 rings (SSSR count). The molecule has 1 aromatic carbocycles. The first kappa shape index (κ1) is 12.9. The van der Waals surface area contributed by atoms with Gasteiger partial charge in [-0.3, -0.25) is 4.79 Å². The molecule has 0 atom stereocenters. The van der Waals surface area contributed by atoms with Crippen LogP contribution in [0.2, 0.25) is 5.02 Å². The third-order valence-corrected chi connectivity index (χ3v) is 2.31. The van der Waals surface area contributed by atoms with Gasteiger partial charge >= 0.3 is 0 Å². The summed E-state index contributed by atoms with van der Waals surface area (Å²) in [6.45, 7) is 3.32. The molecule has 0 aliphatic carbocycles. The molecule has 0 fully saturated rings. The van der Waals surface area contributed by atoms with Crippen molar-refractivity contribution in [3.8, 4) is 5.75 Å². The molecular weight excluding hydrogens is 238 g/mol. The number of carbonyl (C=O) groups excluding carboxylic acids is 1. The van der Waals surface area contributed by atoms with Gasteiger partial charge in [0.15, 0.2) is 5.78 Å². The Labute approximate surface area is 97.2 Å². The number of Topliss-reactive ketones (excluding diaryl/α,β-unsaturated/α-hetero) is 1. The Morgan fingerprint density at radius 1 is 1.50 bits per heavy atom. The van der Waals surface area contributed by atoms with E-state index in [1.807, 2.05) is 0 Å². The molecule has 2 nitrogen and oxygen atoms in total. The number of hydrogen-bond donors (Lipinski definition) is 0.